The Morgan fingerprint density at radius 3 is 2.82 bits per heavy atom. The van der Waals surface area contributed by atoms with E-state index in [1.54, 1.807) is 11.3 Å². The number of hydrogen-bond donors (Lipinski definition) is 2. The monoisotopic (exact) mass is 506 g/mol. The van der Waals surface area contributed by atoms with Gasteiger partial charge in [0.2, 0.25) is 0 Å². The first-order valence-corrected chi connectivity index (χ1v) is 11.4. The fraction of sp³-hybridized carbons (Fsp3) is 0.333. The lowest BCUT2D eigenvalue weighted by molar-refractivity contribution is 0.164. The van der Waals surface area contributed by atoms with E-state index in [0.29, 0.717) is 5.92 Å². The number of halogens is 1. The van der Waals surface area contributed by atoms with Crippen molar-refractivity contribution in [1.29, 1.82) is 0 Å². The molecule has 1 aromatic carbocycles. The molecule has 3 aromatic rings. The molecule has 146 valence electrons. The van der Waals surface area contributed by atoms with E-state index in [1.165, 1.54) is 14.7 Å². The predicted octanol–water partition coefficient (Wildman–Crippen LogP) is 4.73. The molecule has 0 aliphatic carbocycles. The van der Waals surface area contributed by atoms with Gasteiger partial charge in [0.25, 0.3) is 0 Å². The second-order valence-electron chi connectivity index (χ2n) is 6.98. The average Bonchev–Trinajstić information content (AvgIpc) is 3.18. The number of thiazole rings is 1. The minimum Gasteiger partial charge on any atom is -0.395 e. The number of nitrogens with zero attached hydrogens (tertiary/aromatic N) is 3. The predicted molar refractivity (Wildman–Crippen MR) is 123 cm³/mol. The maximum absolute atomic E-state index is 9.10. The maximum atomic E-state index is 9.10. The summed E-state index contributed by atoms with van der Waals surface area (Å²) < 4.78 is 1.22. The zero-order valence-electron chi connectivity index (χ0n) is 15.5. The van der Waals surface area contributed by atoms with E-state index < -0.39 is 0 Å². The van der Waals surface area contributed by atoms with Gasteiger partial charge in [-0.25, -0.2) is 9.97 Å². The van der Waals surface area contributed by atoms with Gasteiger partial charge in [-0.3, -0.25) is 0 Å². The van der Waals surface area contributed by atoms with Gasteiger partial charge in [-0.2, -0.15) is 0 Å². The highest BCUT2D eigenvalue weighted by Crippen LogP contribution is 2.32. The summed E-state index contributed by atoms with van der Waals surface area (Å²) in [6.45, 7) is 3.11. The highest BCUT2D eigenvalue weighted by Gasteiger charge is 2.20. The van der Waals surface area contributed by atoms with Crippen LogP contribution in [-0.4, -0.2) is 46.2 Å². The number of benzene rings is 1. The van der Waals surface area contributed by atoms with Crippen LogP contribution in [0.4, 0.5) is 10.9 Å². The van der Waals surface area contributed by atoms with Crippen molar-refractivity contribution < 1.29 is 5.11 Å². The van der Waals surface area contributed by atoms with Crippen LogP contribution in [0.25, 0.3) is 10.4 Å². The van der Waals surface area contributed by atoms with Gasteiger partial charge in [-0.1, -0.05) is 23.5 Å². The Balaban J connectivity index is 1.43. The van der Waals surface area contributed by atoms with Gasteiger partial charge in [0.1, 0.15) is 5.82 Å². The van der Waals surface area contributed by atoms with Gasteiger partial charge in [-0.15, -0.1) is 0 Å². The molecule has 1 aliphatic rings. The number of pyridine rings is 1. The van der Waals surface area contributed by atoms with E-state index in [4.69, 9.17) is 5.11 Å². The highest BCUT2D eigenvalue weighted by molar-refractivity contribution is 14.1. The lowest BCUT2D eigenvalue weighted by Gasteiger charge is -2.31. The third kappa shape index (κ3) is 4.89. The quantitative estimate of drug-likeness (QED) is 0.474. The SMILES string of the molecule is OCCN1CCC(c2ccnc(Nc3ncc(-c4cccc(I)c4)s3)c2)CC1. The van der Waals surface area contributed by atoms with Crippen molar-refractivity contribution >= 4 is 44.9 Å². The van der Waals surface area contributed by atoms with E-state index in [0.717, 1.165) is 48.3 Å². The fourth-order valence-corrected chi connectivity index (χ4v) is 4.98. The number of aliphatic hydroxyl groups is 1. The molecule has 0 amide bonds. The molecular formula is C21H23IN4OS. The second kappa shape index (κ2) is 9.30. The molecule has 0 radical (unpaired) electrons. The van der Waals surface area contributed by atoms with E-state index >= 15 is 0 Å². The summed E-state index contributed by atoms with van der Waals surface area (Å²) in [5.74, 6) is 1.40. The van der Waals surface area contributed by atoms with Crippen LogP contribution in [-0.2, 0) is 0 Å². The molecule has 28 heavy (non-hydrogen) atoms. The molecule has 2 aromatic heterocycles. The van der Waals surface area contributed by atoms with Crippen molar-refractivity contribution in [3.8, 4) is 10.4 Å². The molecule has 1 fully saturated rings. The number of nitrogens with one attached hydrogen (secondary N) is 1. The van der Waals surface area contributed by atoms with Gasteiger partial charge in [0, 0.05) is 22.5 Å². The Morgan fingerprint density at radius 2 is 2.04 bits per heavy atom. The molecule has 7 heteroatoms. The lowest BCUT2D eigenvalue weighted by Crippen LogP contribution is -2.34. The smallest absolute Gasteiger partial charge is 0.188 e. The van der Waals surface area contributed by atoms with Gasteiger partial charge in [0.15, 0.2) is 5.13 Å². The average molecular weight is 506 g/mol. The molecule has 0 atom stereocenters. The minimum absolute atomic E-state index is 0.242. The number of aliphatic hydroxyl groups excluding tert-OH is 1. The Morgan fingerprint density at radius 1 is 1.18 bits per heavy atom. The standard InChI is InChI=1S/C21H23IN4OS/c22-18-3-1-2-17(12-18)19-14-24-21(28-19)25-20-13-16(4-7-23-20)15-5-8-26(9-6-15)10-11-27/h1-4,7,12-15,27H,5-6,8-11H2,(H,23,24,25). The second-order valence-corrected chi connectivity index (χ2v) is 9.26. The van der Waals surface area contributed by atoms with Gasteiger partial charge in [-0.05, 0) is 89.8 Å². The zero-order valence-corrected chi connectivity index (χ0v) is 18.5. The topological polar surface area (TPSA) is 61.3 Å². The van der Waals surface area contributed by atoms with Crippen molar-refractivity contribution in [2.45, 2.75) is 18.8 Å². The summed E-state index contributed by atoms with van der Waals surface area (Å²) in [6, 6.07) is 12.7. The van der Waals surface area contributed by atoms with Gasteiger partial charge >= 0.3 is 0 Å². The molecule has 1 aliphatic heterocycles. The van der Waals surface area contributed by atoms with E-state index in [9.17, 15) is 0 Å². The van der Waals surface area contributed by atoms with Crippen molar-refractivity contribution in [2.75, 3.05) is 31.6 Å². The first-order chi connectivity index (χ1) is 13.7. The molecule has 0 saturated carbocycles. The molecule has 2 N–H and O–H groups in total. The Kier molecular flexibility index (Phi) is 6.56. The first-order valence-electron chi connectivity index (χ1n) is 9.49. The zero-order chi connectivity index (χ0) is 19.3. The van der Waals surface area contributed by atoms with Crippen LogP contribution >= 0.6 is 33.9 Å². The molecule has 5 nitrogen and oxygen atoms in total. The molecule has 0 spiro atoms. The highest BCUT2D eigenvalue weighted by atomic mass is 127. The molecule has 0 unspecified atom stereocenters. The fourth-order valence-electron chi connectivity index (χ4n) is 3.62. The number of anilines is 2. The number of β-amino-alcohol motifs (C(OH)–C–C–N with tert-alkyl or cyclic N) is 1. The van der Waals surface area contributed by atoms with Crippen molar-refractivity contribution in [1.82, 2.24) is 14.9 Å². The molecule has 1 saturated heterocycles. The van der Waals surface area contributed by atoms with E-state index in [1.807, 2.05) is 12.4 Å². The van der Waals surface area contributed by atoms with Crippen LogP contribution in [0.15, 0.2) is 48.8 Å². The normalized spacial score (nSPS) is 15.6. The third-order valence-corrected chi connectivity index (χ3v) is 6.74. The Bertz CT molecular complexity index is 924. The Labute approximate surface area is 183 Å². The summed E-state index contributed by atoms with van der Waals surface area (Å²) in [5, 5.41) is 13.3. The third-order valence-electron chi connectivity index (χ3n) is 5.11. The summed E-state index contributed by atoms with van der Waals surface area (Å²) in [7, 11) is 0. The van der Waals surface area contributed by atoms with Crippen LogP contribution < -0.4 is 5.32 Å². The largest absolute Gasteiger partial charge is 0.395 e. The van der Waals surface area contributed by atoms with E-state index in [2.05, 4.69) is 79.2 Å². The van der Waals surface area contributed by atoms with Crippen LogP contribution in [0.3, 0.4) is 0 Å². The minimum atomic E-state index is 0.242. The van der Waals surface area contributed by atoms with Crippen LogP contribution in [0.5, 0.6) is 0 Å². The number of aromatic nitrogens is 2. The first kappa shape index (κ1) is 19.8. The van der Waals surface area contributed by atoms with Crippen LogP contribution in [0, 0.1) is 3.57 Å². The van der Waals surface area contributed by atoms with Gasteiger partial charge in [0.05, 0.1) is 11.5 Å². The summed E-state index contributed by atoms with van der Waals surface area (Å²) >= 11 is 3.97. The number of likely N-dealkylation sites (tertiary alicyclic amines) is 1. The summed E-state index contributed by atoms with van der Waals surface area (Å²) in [5.41, 5.74) is 2.52. The number of hydrogen-bond acceptors (Lipinski definition) is 6. The van der Waals surface area contributed by atoms with Crippen molar-refractivity contribution in [3.63, 3.8) is 0 Å². The summed E-state index contributed by atoms with van der Waals surface area (Å²) in [4.78, 5) is 12.5. The van der Waals surface area contributed by atoms with E-state index in [-0.39, 0.29) is 6.61 Å². The molecule has 4 rings (SSSR count). The Hall–Kier alpha value is -1.55. The number of piperidine rings is 1. The lowest BCUT2D eigenvalue weighted by atomic mass is 9.90. The molecular weight excluding hydrogens is 483 g/mol. The maximum Gasteiger partial charge on any atom is 0.188 e. The van der Waals surface area contributed by atoms with Crippen LogP contribution in [0.2, 0.25) is 0 Å². The van der Waals surface area contributed by atoms with Crippen molar-refractivity contribution in [2.24, 2.45) is 0 Å². The summed E-state index contributed by atoms with van der Waals surface area (Å²) in [6.07, 6.45) is 6.04. The van der Waals surface area contributed by atoms with Crippen molar-refractivity contribution in [3.05, 3.63) is 57.9 Å². The molecule has 0 bridgehead atoms. The molecule has 3 heterocycles. The van der Waals surface area contributed by atoms with Gasteiger partial charge < -0.3 is 15.3 Å². The number of rotatable bonds is 6. The van der Waals surface area contributed by atoms with Crippen LogP contribution in [0.1, 0.15) is 24.3 Å².